The van der Waals surface area contributed by atoms with Gasteiger partial charge in [-0.2, -0.15) is 0 Å². The number of rotatable bonds is 6. The standard InChI is InChI=1S/C8H19O3P.Cr/c1-3-4-5-6-7-8(2)12(9,10)11;/h8H,3-7H2,1-2H3,(H2,9,10,11);. The van der Waals surface area contributed by atoms with Crippen molar-refractivity contribution in [2.24, 2.45) is 0 Å². The van der Waals surface area contributed by atoms with E-state index in [4.69, 9.17) is 9.79 Å². The average Bonchev–Trinajstić information content (AvgIpc) is 1.96. The van der Waals surface area contributed by atoms with E-state index in [0.29, 0.717) is 6.42 Å². The summed E-state index contributed by atoms with van der Waals surface area (Å²) in [6.45, 7) is 3.74. The molecule has 0 aliphatic rings. The van der Waals surface area contributed by atoms with Crippen molar-refractivity contribution in [2.45, 2.75) is 51.6 Å². The Balaban J connectivity index is 0. The molecule has 1 unspecified atom stereocenters. The van der Waals surface area contributed by atoms with Crippen LogP contribution >= 0.6 is 7.60 Å². The molecule has 5 heteroatoms. The van der Waals surface area contributed by atoms with Gasteiger partial charge in [0.25, 0.3) is 0 Å². The van der Waals surface area contributed by atoms with Gasteiger partial charge in [-0.15, -0.1) is 0 Å². The zero-order valence-electron chi connectivity index (χ0n) is 8.27. The second-order valence-electron chi connectivity index (χ2n) is 3.29. The largest absolute Gasteiger partial charge is 0.328 e. The Hall–Kier alpha value is 0.682. The Kier molecular flexibility index (Phi) is 9.96. The smallest absolute Gasteiger partial charge is 0.324 e. The molecule has 0 aromatic carbocycles. The number of hydrogen-bond acceptors (Lipinski definition) is 1. The Labute approximate surface area is 91.2 Å². The van der Waals surface area contributed by atoms with Crippen molar-refractivity contribution >= 4 is 7.60 Å². The molecule has 3 nitrogen and oxygen atoms in total. The van der Waals surface area contributed by atoms with Gasteiger partial charge in [0.15, 0.2) is 0 Å². The molecule has 0 radical (unpaired) electrons. The third-order valence-corrected chi connectivity index (χ3v) is 3.46. The molecule has 0 saturated heterocycles. The van der Waals surface area contributed by atoms with Gasteiger partial charge in [-0.1, -0.05) is 39.5 Å². The summed E-state index contributed by atoms with van der Waals surface area (Å²) in [6.07, 6.45) is 4.98. The molecule has 0 rings (SSSR count). The zero-order chi connectivity index (χ0) is 9.61. The van der Waals surface area contributed by atoms with Gasteiger partial charge in [0.2, 0.25) is 0 Å². The van der Waals surface area contributed by atoms with Crippen LogP contribution in [0.5, 0.6) is 0 Å². The number of unbranched alkanes of at least 4 members (excludes halogenated alkanes) is 3. The Morgan fingerprint density at radius 2 is 1.77 bits per heavy atom. The molecule has 0 heterocycles. The number of hydrogen-bond donors (Lipinski definition) is 2. The van der Waals surface area contributed by atoms with Gasteiger partial charge in [0.1, 0.15) is 0 Å². The summed E-state index contributed by atoms with van der Waals surface area (Å²) in [7, 11) is -3.81. The van der Waals surface area contributed by atoms with Crippen molar-refractivity contribution < 1.29 is 31.7 Å². The predicted molar refractivity (Wildman–Crippen MR) is 50.3 cm³/mol. The van der Waals surface area contributed by atoms with Crippen LogP contribution in [0.3, 0.4) is 0 Å². The Bertz CT molecular complexity index is 157. The van der Waals surface area contributed by atoms with Crippen LogP contribution in [0.4, 0.5) is 0 Å². The summed E-state index contributed by atoms with van der Waals surface area (Å²) in [4.78, 5) is 17.5. The van der Waals surface area contributed by atoms with Gasteiger partial charge in [-0.05, 0) is 6.42 Å². The normalized spacial score (nSPS) is 13.5. The van der Waals surface area contributed by atoms with Crippen LogP contribution in [0.15, 0.2) is 0 Å². The van der Waals surface area contributed by atoms with Crippen molar-refractivity contribution in [3.05, 3.63) is 0 Å². The fourth-order valence-electron chi connectivity index (χ4n) is 1.03. The molecular formula is C8H19CrO3P. The van der Waals surface area contributed by atoms with Crippen molar-refractivity contribution in [3.8, 4) is 0 Å². The minimum atomic E-state index is -3.81. The van der Waals surface area contributed by atoms with E-state index in [1.54, 1.807) is 6.92 Å². The topological polar surface area (TPSA) is 57.5 Å². The van der Waals surface area contributed by atoms with Crippen LogP contribution in [0.2, 0.25) is 0 Å². The van der Waals surface area contributed by atoms with Crippen LogP contribution in [-0.2, 0) is 21.9 Å². The molecule has 1 atom stereocenters. The van der Waals surface area contributed by atoms with E-state index >= 15 is 0 Å². The molecule has 0 aliphatic heterocycles. The maximum Gasteiger partial charge on any atom is 0.328 e. The molecule has 0 aromatic heterocycles. The van der Waals surface area contributed by atoms with Crippen LogP contribution in [-0.4, -0.2) is 15.4 Å². The molecule has 13 heavy (non-hydrogen) atoms. The first-order chi connectivity index (χ1) is 5.48. The minimum absolute atomic E-state index is 0. The third kappa shape index (κ3) is 9.00. The summed E-state index contributed by atoms with van der Waals surface area (Å²) in [5, 5.41) is 0. The van der Waals surface area contributed by atoms with E-state index in [-0.39, 0.29) is 17.4 Å². The van der Waals surface area contributed by atoms with Crippen molar-refractivity contribution in [1.82, 2.24) is 0 Å². The quantitative estimate of drug-likeness (QED) is 0.559. The van der Waals surface area contributed by atoms with Gasteiger partial charge in [0.05, 0.1) is 5.66 Å². The zero-order valence-corrected chi connectivity index (χ0v) is 10.4. The molecule has 2 N–H and O–H groups in total. The summed E-state index contributed by atoms with van der Waals surface area (Å²) < 4.78 is 10.7. The first kappa shape index (κ1) is 16.1. The van der Waals surface area contributed by atoms with Gasteiger partial charge in [-0.25, -0.2) is 0 Å². The predicted octanol–water partition coefficient (Wildman–Crippen LogP) is 2.52. The molecule has 80 valence electrons. The SMILES string of the molecule is CCCCCCC(C)P(=O)(O)O.[Cr]. The van der Waals surface area contributed by atoms with Crippen molar-refractivity contribution in [2.75, 3.05) is 0 Å². The van der Waals surface area contributed by atoms with Gasteiger partial charge >= 0.3 is 7.60 Å². The maximum absolute atomic E-state index is 10.7. The molecule has 0 aromatic rings. The Morgan fingerprint density at radius 3 is 2.15 bits per heavy atom. The molecule has 0 spiro atoms. The van der Waals surface area contributed by atoms with E-state index in [9.17, 15) is 4.57 Å². The van der Waals surface area contributed by atoms with E-state index in [1.165, 1.54) is 0 Å². The van der Waals surface area contributed by atoms with Crippen molar-refractivity contribution in [3.63, 3.8) is 0 Å². The molecular weight excluding hydrogens is 227 g/mol. The van der Waals surface area contributed by atoms with E-state index < -0.39 is 13.3 Å². The monoisotopic (exact) mass is 246 g/mol. The van der Waals surface area contributed by atoms with Crippen LogP contribution < -0.4 is 0 Å². The second-order valence-corrected chi connectivity index (χ2v) is 5.35. The van der Waals surface area contributed by atoms with Gasteiger partial charge < -0.3 is 9.79 Å². The summed E-state index contributed by atoms with van der Waals surface area (Å²) in [6, 6.07) is 0. The van der Waals surface area contributed by atoms with Gasteiger partial charge in [0, 0.05) is 17.4 Å². The molecule has 0 bridgehead atoms. The van der Waals surface area contributed by atoms with Crippen molar-refractivity contribution in [1.29, 1.82) is 0 Å². The third-order valence-electron chi connectivity index (χ3n) is 2.05. The summed E-state index contributed by atoms with van der Waals surface area (Å²) in [5.74, 6) is 0. The fraction of sp³-hybridized carbons (Fsp3) is 1.00. The molecule has 0 aliphatic carbocycles. The molecule has 0 amide bonds. The molecule has 0 saturated carbocycles. The van der Waals surface area contributed by atoms with Crippen LogP contribution in [0.1, 0.15) is 46.0 Å². The second kappa shape index (κ2) is 8.03. The van der Waals surface area contributed by atoms with E-state index in [0.717, 1.165) is 25.7 Å². The summed E-state index contributed by atoms with van der Waals surface area (Å²) >= 11 is 0. The van der Waals surface area contributed by atoms with Gasteiger partial charge in [-0.3, -0.25) is 4.57 Å². The fourth-order valence-corrected chi connectivity index (χ4v) is 1.55. The van der Waals surface area contributed by atoms with Crippen LogP contribution in [0, 0.1) is 0 Å². The molecule has 0 fully saturated rings. The Morgan fingerprint density at radius 1 is 1.23 bits per heavy atom. The van der Waals surface area contributed by atoms with Crippen LogP contribution in [0.25, 0.3) is 0 Å². The minimum Gasteiger partial charge on any atom is -0.324 e. The summed E-state index contributed by atoms with van der Waals surface area (Å²) in [5.41, 5.74) is -0.464. The first-order valence-corrected chi connectivity index (χ1v) is 6.22. The van der Waals surface area contributed by atoms with E-state index in [2.05, 4.69) is 6.92 Å². The first-order valence-electron chi connectivity index (χ1n) is 4.53. The van der Waals surface area contributed by atoms with E-state index in [1.807, 2.05) is 0 Å². The average molecular weight is 246 g/mol. The maximum atomic E-state index is 10.7.